The molecule has 1 atom stereocenters. The number of carbonyl (C=O) groups is 3. The van der Waals surface area contributed by atoms with Gasteiger partial charge in [0.15, 0.2) is 0 Å². The maximum Gasteiger partial charge on any atom is 0.326 e. The number of carboxylic acid groups (broad SMARTS) is 1. The fourth-order valence-electron chi connectivity index (χ4n) is 4.69. The number of carbonyl (C=O) groups excluding carboxylic acids is 2. The van der Waals surface area contributed by atoms with E-state index in [2.05, 4.69) is 10.6 Å². The lowest BCUT2D eigenvalue weighted by atomic mass is 9.83. The van der Waals surface area contributed by atoms with Crippen molar-refractivity contribution in [3.63, 3.8) is 0 Å². The number of hydrogen-bond donors (Lipinski definition) is 3. The van der Waals surface area contributed by atoms with E-state index in [1.807, 2.05) is 24.3 Å². The minimum Gasteiger partial charge on any atom is -0.480 e. The van der Waals surface area contributed by atoms with Gasteiger partial charge in [0.05, 0.1) is 27.7 Å². The van der Waals surface area contributed by atoms with Crippen molar-refractivity contribution in [3.8, 4) is 0 Å². The molecular weight excluding hydrogens is 523 g/mol. The lowest BCUT2D eigenvalue weighted by molar-refractivity contribution is -0.141. The van der Waals surface area contributed by atoms with Crippen molar-refractivity contribution >= 4 is 69.0 Å². The largest absolute Gasteiger partial charge is 0.480 e. The minimum atomic E-state index is -1.06. The van der Waals surface area contributed by atoms with Crippen LogP contribution in [0.1, 0.15) is 48.0 Å². The summed E-state index contributed by atoms with van der Waals surface area (Å²) < 4.78 is 0. The first kappa shape index (κ1) is 26.3. The van der Waals surface area contributed by atoms with Gasteiger partial charge >= 0.3 is 5.97 Å². The molecule has 0 aliphatic heterocycles. The number of anilines is 1. The standard InChI is InChI=1S/C27H25Cl3N2O4/c28-20-10-11-21(29)24(30)18(20)14-23(33)31-22-13-17-9-5-4-8-16(17)12-19(22)26(34)32-25(27(35)36)15-6-2-1-3-7-15/h4-5,8-13,15,25H,1-3,6-7,14H2,(H,31,33)(H,32,34)(H,35,36)/t25-/m0/s1. The number of hydrogen-bond acceptors (Lipinski definition) is 3. The zero-order valence-electron chi connectivity index (χ0n) is 19.3. The van der Waals surface area contributed by atoms with Crippen LogP contribution in [0.3, 0.4) is 0 Å². The Morgan fingerprint density at radius 1 is 0.917 bits per heavy atom. The summed E-state index contributed by atoms with van der Waals surface area (Å²) in [5, 5.41) is 17.7. The van der Waals surface area contributed by atoms with Gasteiger partial charge in [0.25, 0.3) is 5.91 Å². The number of benzene rings is 3. The van der Waals surface area contributed by atoms with Crippen LogP contribution in [0.25, 0.3) is 10.8 Å². The number of amides is 2. The highest BCUT2D eigenvalue weighted by Crippen LogP contribution is 2.33. The SMILES string of the molecule is O=C(Cc1c(Cl)ccc(Cl)c1Cl)Nc1cc2ccccc2cc1C(=O)N[C@H](C(=O)O)C1CCCCC1. The Morgan fingerprint density at radius 2 is 1.56 bits per heavy atom. The summed E-state index contributed by atoms with van der Waals surface area (Å²) in [4.78, 5) is 38.4. The fraction of sp³-hybridized carbons (Fsp3) is 0.296. The molecule has 2 amide bonds. The van der Waals surface area contributed by atoms with Crippen molar-refractivity contribution in [2.45, 2.75) is 44.6 Å². The van der Waals surface area contributed by atoms with E-state index in [0.717, 1.165) is 42.9 Å². The summed E-state index contributed by atoms with van der Waals surface area (Å²) in [7, 11) is 0. The molecule has 0 radical (unpaired) electrons. The molecule has 188 valence electrons. The molecule has 1 aliphatic rings. The topological polar surface area (TPSA) is 95.5 Å². The Bertz CT molecular complexity index is 1320. The Balaban J connectivity index is 1.63. The molecule has 1 saturated carbocycles. The van der Waals surface area contributed by atoms with Crippen molar-refractivity contribution in [2.75, 3.05) is 5.32 Å². The van der Waals surface area contributed by atoms with Crippen molar-refractivity contribution < 1.29 is 19.5 Å². The summed E-state index contributed by atoms with van der Waals surface area (Å²) in [5.74, 6) is -2.21. The summed E-state index contributed by atoms with van der Waals surface area (Å²) >= 11 is 18.6. The molecule has 36 heavy (non-hydrogen) atoms. The summed E-state index contributed by atoms with van der Waals surface area (Å²) in [5.41, 5.74) is 0.809. The van der Waals surface area contributed by atoms with Crippen LogP contribution in [0.2, 0.25) is 15.1 Å². The normalized spacial score (nSPS) is 14.9. The first-order valence-electron chi connectivity index (χ1n) is 11.7. The quantitative estimate of drug-likeness (QED) is 0.285. The molecule has 3 N–H and O–H groups in total. The molecule has 6 nitrogen and oxygen atoms in total. The molecule has 0 bridgehead atoms. The summed E-state index contributed by atoms with van der Waals surface area (Å²) in [6.07, 6.45) is 4.29. The molecule has 0 saturated heterocycles. The number of halogens is 3. The van der Waals surface area contributed by atoms with E-state index in [9.17, 15) is 19.5 Å². The van der Waals surface area contributed by atoms with Crippen LogP contribution in [0.15, 0.2) is 48.5 Å². The number of rotatable bonds is 7. The monoisotopic (exact) mass is 546 g/mol. The lowest BCUT2D eigenvalue weighted by Crippen LogP contribution is -2.46. The van der Waals surface area contributed by atoms with Gasteiger partial charge in [-0.25, -0.2) is 4.79 Å². The third-order valence-corrected chi connectivity index (χ3v) is 7.75. The molecule has 9 heteroatoms. The third kappa shape index (κ3) is 5.94. The van der Waals surface area contributed by atoms with E-state index in [1.165, 1.54) is 0 Å². The molecular formula is C27H25Cl3N2O4. The van der Waals surface area contributed by atoms with Gasteiger partial charge in [-0.05, 0) is 53.8 Å². The maximum atomic E-state index is 13.4. The Kier molecular flexibility index (Phi) is 8.39. The van der Waals surface area contributed by atoms with Gasteiger partial charge < -0.3 is 15.7 Å². The molecule has 0 aromatic heterocycles. The Labute approximate surface area is 223 Å². The van der Waals surface area contributed by atoms with E-state index in [1.54, 1.807) is 24.3 Å². The molecule has 1 aliphatic carbocycles. The van der Waals surface area contributed by atoms with E-state index in [0.29, 0.717) is 10.6 Å². The molecule has 1 fully saturated rings. The highest BCUT2D eigenvalue weighted by atomic mass is 35.5. The number of carboxylic acids is 1. The van der Waals surface area contributed by atoms with Crippen molar-refractivity contribution in [1.82, 2.24) is 5.32 Å². The number of nitrogens with one attached hydrogen (secondary N) is 2. The van der Waals surface area contributed by atoms with Gasteiger partial charge in [0, 0.05) is 10.6 Å². The second-order valence-electron chi connectivity index (χ2n) is 8.98. The van der Waals surface area contributed by atoms with Crippen molar-refractivity contribution in [3.05, 3.63) is 74.7 Å². The third-order valence-electron chi connectivity index (χ3n) is 6.55. The highest BCUT2D eigenvalue weighted by molar-refractivity contribution is 6.44. The second kappa shape index (κ2) is 11.5. The highest BCUT2D eigenvalue weighted by Gasteiger charge is 2.31. The van der Waals surface area contributed by atoms with Crippen molar-refractivity contribution in [1.29, 1.82) is 0 Å². The lowest BCUT2D eigenvalue weighted by Gasteiger charge is -2.28. The van der Waals surface area contributed by atoms with Crippen LogP contribution in [-0.4, -0.2) is 28.9 Å². The van der Waals surface area contributed by atoms with Crippen LogP contribution in [0.4, 0.5) is 5.69 Å². The van der Waals surface area contributed by atoms with Gasteiger partial charge in [-0.2, -0.15) is 0 Å². The van der Waals surface area contributed by atoms with Crippen LogP contribution in [0, 0.1) is 5.92 Å². The number of fused-ring (bicyclic) bond motifs is 1. The van der Waals surface area contributed by atoms with Gasteiger partial charge in [-0.15, -0.1) is 0 Å². The van der Waals surface area contributed by atoms with E-state index in [4.69, 9.17) is 34.8 Å². The van der Waals surface area contributed by atoms with Gasteiger partial charge in [0.1, 0.15) is 6.04 Å². The summed E-state index contributed by atoms with van der Waals surface area (Å²) in [6, 6.07) is 12.8. The predicted octanol–water partition coefficient (Wildman–Crippen LogP) is 6.74. The molecule has 3 aromatic rings. The van der Waals surface area contributed by atoms with Crippen molar-refractivity contribution in [2.24, 2.45) is 5.92 Å². The first-order chi connectivity index (χ1) is 17.2. The molecule has 0 heterocycles. The van der Waals surface area contributed by atoms with Gasteiger partial charge in [0.2, 0.25) is 5.91 Å². The molecule has 0 spiro atoms. The zero-order chi connectivity index (χ0) is 25.8. The Hall–Kier alpha value is -2.80. The summed E-state index contributed by atoms with van der Waals surface area (Å²) in [6.45, 7) is 0. The molecule has 0 unspecified atom stereocenters. The van der Waals surface area contributed by atoms with Crippen LogP contribution in [-0.2, 0) is 16.0 Å². The van der Waals surface area contributed by atoms with E-state index >= 15 is 0 Å². The van der Waals surface area contributed by atoms with Crippen LogP contribution < -0.4 is 10.6 Å². The minimum absolute atomic E-state index is 0.134. The first-order valence-corrected chi connectivity index (χ1v) is 12.9. The molecule has 3 aromatic carbocycles. The Morgan fingerprint density at radius 3 is 2.22 bits per heavy atom. The average molecular weight is 548 g/mol. The smallest absolute Gasteiger partial charge is 0.326 e. The van der Waals surface area contributed by atoms with Crippen LogP contribution >= 0.6 is 34.8 Å². The van der Waals surface area contributed by atoms with E-state index in [-0.39, 0.29) is 33.6 Å². The van der Waals surface area contributed by atoms with Gasteiger partial charge in [-0.1, -0.05) is 78.3 Å². The number of aliphatic carboxylic acids is 1. The fourth-order valence-corrected chi connectivity index (χ4v) is 5.37. The maximum absolute atomic E-state index is 13.4. The predicted molar refractivity (Wildman–Crippen MR) is 143 cm³/mol. The zero-order valence-corrected chi connectivity index (χ0v) is 21.6. The van der Waals surface area contributed by atoms with E-state index < -0.39 is 23.8 Å². The van der Waals surface area contributed by atoms with Crippen LogP contribution in [0.5, 0.6) is 0 Å². The van der Waals surface area contributed by atoms with Gasteiger partial charge in [-0.3, -0.25) is 9.59 Å². The average Bonchev–Trinajstić information content (AvgIpc) is 2.87. The molecule has 4 rings (SSSR count). The second-order valence-corrected chi connectivity index (χ2v) is 10.2.